The van der Waals surface area contributed by atoms with Crippen LogP contribution in [0.25, 0.3) is 22.6 Å². The fourth-order valence-corrected chi connectivity index (χ4v) is 6.31. The number of nitrogens with zero attached hydrogens (tertiary/aromatic N) is 4. The maximum atomic E-state index is 15.1. The first-order valence-electron chi connectivity index (χ1n) is 13.0. The van der Waals surface area contributed by atoms with Gasteiger partial charge in [0.1, 0.15) is 11.7 Å². The zero-order valence-electron chi connectivity index (χ0n) is 21.8. The molecule has 0 aliphatic heterocycles. The molecule has 1 fully saturated rings. The standard InChI is InChI=1S/C30H30FN5O2/c1-17-24-9-8-23-26(22-6-4-5-7-25(22)31)35-29(19-10-12-34-21(14-19)11-13-33-18(2)37)36-28(23)30(24,3)15-20(16-32)27(17)38/h4-7,10,12,14,17,20,24H,8-9,11,13,15H2,1-3H3,(H,33,37)/t17-,20?,24-,30-/m1/s1. The summed E-state index contributed by atoms with van der Waals surface area (Å²) >= 11 is 0. The fourth-order valence-electron chi connectivity index (χ4n) is 6.31. The van der Waals surface area contributed by atoms with Crippen LogP contribution in [-0.2, 0) is 27.8 Å². The Morgan fingerprint density at radius 2 is 2.05 bits per heavy atom. The van der Waals surface area contributed by atoms with Gasteiger partial charge in [0.2, 0.25) is 5.91 Å². The summed E-state index contributed by atoms with van der Waals surface area (Å²) < 4.78 is 15.1. The van der Waals surface area contributed by atoms with Gasteiger partial charge in [0.25, 0.3) is 0 Å². The second-order valence-electron chi connectivity index (χ2n) is 10.6. The summed E-state index contributed by atoms with van der Waals surface area (Å²) in [6, 6.07) is 12.5. The Hall–Kier alpha value is -3.99. The molecule has 2 aromatic heterocycles. The molecule has 4 atom stereocenters. The number of fused-ring (bicyclic) bond motifs is 3. The molecule has 1 unspecified atom stereocenters. The van der Waals surface area contributed by atoms with Gasteiger partial charge >= 0.3 is 0 Å². The third-order valence-electron chi connectivity index (χ3n) is 8.21. The predicted octanol–water partition coefficient (Wildman–Crippen LogP) is 4.59. The molecule has 0 spiro atoms. The zero-order valence-corrected chi connectivity index (χ0v) is 21.8. The number of halogens is 1. The van der Waals surface area contributed by atoms with E-state index in [1.165, 1.54) is 13.0 Å². The van der Waals surface area contributed by atoms with E-state index in [1.54, 1.807) is 24.4 Å². The van der Waals surface area contributed by atoms with E-state index in [2.05, 4.69) is 23.3 Å². The molecule has 3 aromatic rings. The van der Waals surface area contributed by atoms with Crippen molar-refractivity contribution in [2.24, 2.45) is 17.8 Å². The number of ketones is 1. The average Bonchev–Trinajstić information content (AvgIpc) is 2.90. The Labute approximate surface area is 221 Å². The van der Waals surface area contributed by atoms with Crippen LogP contribution in [0.4, 0.5) is 4.39 Å². The lowest BCUT2D eigenvalue weighted by atomic mass is 9.54. The Balaban J connectivity index is 1.68. The molecule has 7 nitrogen and oxygen atoms in total. The minimum atomic E-state index is -0.700. The van der Waals surface area contributed by atoms with Crippen LogP contribution >= 0.6 is 0 Å². The SMILES string of the molecule is CC(=O)NCCc1cc(-c2nc(-c3ccccc3F)c3c(n2)[C@]2(C)CC(C#N)C(=O)[C@H](C)[C@H]2CC3)ccn1. The molecule has 2 heterocycles. The molecule has 1 aromatic carbocycles. The second kappa shape index (κ2) is 10.1. The Bertz CT molecular complexity index is 1470. The minimum Gasteiger partial charge on any atom is -0.356 e. The lowest BCUT2D eigenvalue weighted by molar-refractivity contribution is -0.132. The van der Waals surface area contributed by atoms with Gasteiger partial charge in [0.15, 0.2) is 11.6 Å². The van der Waals surface area contributed by atoms with Crippen LogP contribution in [0, 0.1) is 34.9 Å². The van der Waals surface area contributed by atoms with Gasteiger partial charge in [-0.2, -0.15) is 5.26 Å². The summed E-state index contributed by atoms with van der Waals surface area (Å²) in [6.45, 7) is 5.94. The monoisotopic (exact) mass is 511 g/mol. The molecule has 2 aliphatic rings. The number of amides is 1. The van der Waals surface area contributed by atoms with Crippen molar-refractivity contribution in [3.63, 3.8) is 0 Å². The number of pyridine rings is 1. The quantitative estimate of drug-likeness (QED) is 0.537. The average molecular weight is 512 g/mol. The number of carbonyl (C=O) groups excluding carboxylic acids is 2. The molecule has 8 heteroatoms. The van der Waals surface area contributed by atoms with E-state index in [0.29, 0.717) is 42.9 Å². The van der Waals surface area contributed by atoms with Crippen molar-refractivity contribution in [3.8, 4) is 28.7 Å². The number of nitrogens with one attached hydrogen (secondary N) is 1. The van der Waals surface area contributed by atoms with Crippen molar-refractivity contribution in [2.75, 3.05) is 6.54 Å². The van der Waals surface area contributed by atoms with Gasteiger partial charge in [0.05, 0.1) is 17.5 Å². The third kappa shape index (κ3) is 4.47. The highest BCUT2D eigenvalue weighted by Crippen LogP contribution is 2.53. The molecule has 1 N–H and O–H groups in total. The number of benzene rings is 1. The summed E-state index contributed by atoms with van der Waals surface area (Å²) in [4.78, 5) is 38.6. The van der Waals surface area contributed by atoms with Crippen molar-refractivity contribution < 1.29 is 14.0 Å². The summed E-state index contributed by atoms with van der Waals surface area (Å²) in [6.07, 6.45) is 3.99. The van der Waals surface area contributed by atoms with E-state index >= 15 is 4.39 Å². The molecule has 0 bridgehead atoms. The van der Waals surface area contributed by atoms with E-state index in [1.807, 2.05) is 19.1 Å². The lowest BCUT2D eigenvalue weighted by Crippen LogP contribution is -2.50. The molecule has 1 saturated carbocycles. The molecule has 0 saturated heterocycles. The van der Waals surface area contributed by atoms with Crippen LogP contribution in [0.2, 0.25) is 0 Å². The van der Waals surface area contributed by atoms with Crippen LogP contribution < -0.4 is 5.32 Å². The van der Waals surface area contributed by atoms with Gasteiger partial charge in [-0.15, -0.1) is 0 Å². The third-order valence-corrected chi connectivity index (χ3v) is 8.21. The predicted molar refractivity (Wildman–Crippen MR) is 140 cm³/mol. The molecular formula is C30H30FN5O2. The van der Waals surface area contributed by atoms with Crippen LogP contribution in [0.5, 0.6) is 0 Å². The van der Waals surface area contributed by atoms with Gasteiger partial charge in [-0.25, -0.2) is 14.4 Å². The molecule has 38 heavy (non-hydrogen) atoms. The smallest absolute Gasteiger partial charge is 0.216 e. The molecular weight excluding hydrogens is 481 g/mol. The van der Waals surface area contributed by atoms with E-state index in [-0.39, 0.29) is 29.3 Å². The first kappa shape index (κ1) is 25.7. The molecule has 2 aliphatic carbocycles. The number of aromatic nitrogens is 3. The van der Waals surface area contributed by atoms with E-state index in [0.717, 1.165) is 28.9 Å². The van der Waals surface area contributed by atoms with E-state index in [4.69, 9.17) is 9.97 Å². The summed E-state index contributed by atoms with van der Waals surface area (Å²) in [5.41, 5.74) is 3.63. The number of carbonyl (C=O) groups is 2. The Morgan fingerprint density at radius 1 is 1.26 bits per heavy atom. The summed E-state index contributed by atoms with van der Waals surface area (Å²) in [5.74, 6) is -0.942. The first-order chi connectivity index (χ1) is 18.2. The van der Waals surface area contributed by atoms with Crippen molar-refractivity contribution in [1.82, 2.24) is 20.3 Å². The maximum Gasteiger partial charge on any atom is 0.216 e. The van der Waals surface area contributed by atoms with Crippen LogP contribution in [0.1, 0.15) is 50.6 Å². The highest BCUT2D eigenvalue weighted by atomic mass is 19.1. The van der Waals surface area contributed by atoms with Gasteiger partial charge in [-0.3, -0.25) is 14.6 Å². The molecule has 0 radical (unpaired) electrons. The van der Waals surface area contributed by atoms with E-state index < -0.39 is 11.3 Å². The molecule has 5 rings (SSSR count). The Morgan fingerprint density at radius 3 is 2.79 bits per heavy atom. The molecule has 1 amide bonds. The van der Waals surface area contributed by atoms with Crippen molar-refractivity contribution >= 4 is 11.7 Å². The number of nitriles is 1. The maximum absolute atomic E-state index is 15.1. The number of rotatable bonds is 5. The zero-order chi connectivity index (χ0) is 27.0. The second-order valence-corrected chi connectivity index (χ2v) is 10.6. The first-order valence-corrected chi connectivity index (χ1v) is 13.0. The molecule has 194 valence electrons. The summed E-state index contributed by atoms with van der Waals surface area (Å²) in [7, 11) is 0. The number of hydrogen-bond acceptors (Lipinski definition) is 6. The van der Waals surface area contributed by atoms with Gasteiger partial charge < -0.3 is 5.32 Å². The summed E-state index contributed by atoms with van der Waals surface area (Å²) in [5, 5.41) is 12.6. The van der Waals surface area contributed by atoms with Gasteiger partial charge in [-0.05, 0) is 49.4 Å². The normalized spacial score (nSPS) is 24.2. The minimum absolute atomic E-state index is 0.0000206. The van der Waals surface area contributed by atoms with Crippen molar-refractivity contribution in [1.29, 1.82) is 5.26 Å². The van der Waals surface area contributed by atoms with Crippen LogP contribution in [0.15, 0.2) is 42.6 Å². The highest BCUT2D eigenvalue weighted by Gasteiger charge is 2.53. The van der Waals surface area contributed by atoms with Crippen LogP contribution in [-0.4, -0.2) is 33.2 Å². The lowest BCUT2D eigenvalue weighted by Gasteiger charge is -2.49. The fraction of sp³-hybridized carbons (Fsp3) is 0.400. The van der Waals surface area contributed by atoms with Crippen LogP contribution in [0.3, 0.4) is 0 Å². The Kier molecular flexibility index (Phi) is 6.78. The van der Waals surface area contributed by atoms with Crippen molar-refractivity contribution in [3.05, 3.63) is 65.4 Å². The highest BCUT2D eigenvalue weighted by molar-refractivity contribution is 5.87. The van der Waals surface area contributed by atoms with Gasteiger partial charge in [-0.1, -0.05) is 26.0 Å². The number of Topliss-reactive ketones (excluding diaryl/α,β-unsaturated/α-hetero) is 1. The number of hydrogen-bond donors (Lipinski definition) is 1. The van der Waals surface area contributed by atoms with E-state index in [9.17, 15) is 14.9 Å². The van der Waals surface area contributed by atoms with Gasteiger partial charge in [0, 0.05) is 59.8 Å². The topological polar surface area (TPSA) is 109 Å². The largest absolute Gasteiger partial charge is 0.356 e. The van der Waals surface area contributed by atoms with Crippen molar-refractivity contribution in [2.45, 2.75) is 51.9 Å².